The van der Waals surface area contributed by atoms with Crippen LogP contribution in [0.3, 0.4) is 0 Å². The van der Waals surface area contributed by atoms with Gasteiger partial charge in [-0.3, -0.25) is 14.9 Å². The van der Waals surface area contributed by atoms with Gasteiger partial charge in [0.1, 0.15) is 0 Å². The molecule has 2 rings (SSSR count). The van der Waals surface area contributed by atoms with Gasteiger partial charge < -0.3 is 16.0 Å². The Morgan fingerprint density at radius 3 is 2.90 bits per heavy atom. The molecule has 1 aliphatic rings. The Hall–Kier alpha value is -2.64. The van der Waals surface area contributed by atoms with Gasteiger partial charge in [-0.05, 0) is 12.5 Å². The van der Waals surface area contributed by atoms with Crippen molar-refractivity contribution in [2.24, 2.45) is 0 Å². The van der Waals surface area contributed by atoms with E-state index in [0.717, 1.165) is 0 Å². The molecule has 0 aromatic heterocycles. The van der Waals surface area contributed by atoms with Gasteiger partial charge in [0.15, 0.2) is 0 Å². The van der Waals surface area contributed by atoms with Crippen LogP contribution in [0, 0.1) is 10.1 Å². The van der Waals surface area contributed by atoms with Gasteiger partial charge in [-0.2, -0.15) is 0 Å². The van der Waals surface area contributed by atoms with Gasteiger partial charge in [0, 0.05) is 36.8 Å². The number of hydrogen-bond donors (Lipinski definition) is 3. The Morgan fingerprint density at radius 1 is 1.45 bits per heavy atom. The fourth-order valence-corrected chi connectivity index (χ4v) is 1.91. The van der Waals surface area contributed by atoms with Crippen LogP contribution >= 0.6 is 0 Å². The van der Waals surface area contributed by atoms with Gasteiger partial charge in [-0.25, -0.2) is 4.79 Å². The van der Waals surface area contributed by atoms with Crippen molar-refractivity contribution in [2.75, 3.05) is 11.9 Å². The first-order chi connectivity index (χ1) is 9.54. The van der Waals surface area contributed by atoms with E-state index < -0.39 is 11.0 Å². The van der Waals surface area contributed by atoms with Gasteiger partial charge in [-0.1, -0.05) is 6.07 Å². The number of nitro groups is 1. The Labute approximate surface area is 114 Å². The van der Waals surface area contributed by atoms with Crippen molar-refractivity contribution in [3.05, 3.63) is 34.4 Å². The minimum Gasteiger partial charge on any atom is -0.354 e. The summed E-state index contributed by atoms with van der Waals surface area (Å²) in [6.07, 6.45) is 0.954. The largest absolute Gasteiger partial charge is 0.354 e. The highest BCUT2D eigenvalue weighted by Crippen LogP contribution is 2.16. The van der Waals surface area contributed by atoms with Gasteiger partial charge >= 0.3 is 6.03 Å². The van der Waals surface area contributed by atoms with E-state index >= 15 is 0 Å². The number of nitrogens with zero attached hydrogens (tertiary/aromatic N) is 1. The van der Waals surface area contributed by atoms with E-state index in [-0.39, 0.29) is 17.6 Å². The highest BCUT2D eigenvalue weighted by molar-refractivity contribution is 5.90. The van der Waals surface area contributed by atoms with Crippen LogP contribution in [0.2, 0.25) is 0 Å². The quantitative estimate of drug-likeness (QED) is 0.565. The number of carbonyl (C=O) groups excluding carboxylic acids is 2. The zero-order valence-electron chi connectivity index (χ0n) is 10.6. The van der Waals surface area contributed by atoms with E-state index in [0.29, 0.717) is 25.1 Å². The summed E-state index contributed by atoms with van der Waals surface area (Å²) in [6, 6.07) is 5.10. The number of nitro benzene ring substituents is 1. The molecule has 1 aromatic carbocycles. The zero-order valence-corrected chi connectivity index (χ0v) is 10.6. The van der Waals surface area contributed by atoms with E-state index in [1.165, 1.54) is 18.2 Å². The third kappa shape index (κ3) is 3.67. The van der Waals surface area contributed by atoms with Crippen LogP contribution in [0.15, 0.2) is 24.3 Å². The Morgan fingerprint density at radius 2 is 2.25 bits per heavy atom. The summed E-state index contributed by atoms with van der Waals surface area (Å²) in [5.41, 5.74) is 0.254. The number of hydrogen-bond acceptors (Lipinski definition) is 4. The first kappa shape index (κ1) is 13.8. The fourth-order valence-electron chi connectivity index (χ4n) is 1.91. The standard InChI is InChI=1S/C12H14N4O4/c17-11-5-4-9(7-13-11)15-12(18)14-8-2-1-3-10(6-8)16(19)20/h1-3,6,9H,4-5,7H2,(H,13,17)(H2,14,15,18). The van der Waals surface area contributed by atoms with E-state index in [1.54, 1.807) is 6.07 Å². The fraction of sp³-hybridized carbons (Fsp3) is 0.333. The van der Waals surface area contributed by atoms with E-state index in [1.807, 2.05) is 0 Å². The number of piperidine rings is 1. The summed E-state index contributed by atoms with van der Waals surface area (Å²) in [6.45, 7) is 0.390. The first-order valence-electron chi connectivity index (χ1n) is 6.13. The van der Waals surface area contributed by atoms with Crippen LogP contribution < -0.4 is 16.0 Å². The molecule has 1 atom stereocenters. The lowest BCUT2D eigenvalue weighted by atomic mass is 10.1. The molecule has 3 amide bonds. The Balaban J connectivity index is 1.89. The van der Waals surface area contributed by atoms with Crippen LogP contribution in [-0.2, 0) is 4.79 Å². The van der Waals surface area contributed by atoms with Crippen molar-refractivity contribution in [3.63, 3.8) is 0 Å². The lowest BCUT2D eigenvalue weighted by molar-refractivity contribution is -0.384. The average molecular weight is 278 g/mol. The van der Waals surface area contributed by atoms with Crippen LogP contribution in [0.25, 0.3) is 0 Å². The maximum atomic E-state index is 11.7. The second-order valence-corrected chi connectivity index (χ2v) is 4.45. The molecule has 1 saturated heterocycles. The molecule has 1 aromatic rings. The van der Waals surface area contributed by atoms with Crippen LogP contribution in [0.5, 0.6) is 0 Å². The number of non-ortho nitro benzene ring substituents is 1. The molecule has 0 spiro atoms. The monoisotopic (exact) mass is 278 g/mol. The van der Waals surface area contributed by atoms with E-state index in [4.69, 9.17) is 0 Å². The molecule has 8 heteroatoms. The molecule has 0 radical (unpaired) electrons. The van der Waals surface area contributed by atoms with Crippen LogP contribution in [-0.4, -0.2) is 29.4 Å². The van der Waals surface area contributed by atoms with Gasteiger partial charge in [0.25, 0.3) is 5.69 Å². The van der Waals surface area contributed by atoms with Gasteiger partial charge in [0.2, 0.25) is 5.91 Å². The highest BCUT2D eigenvalue weighted by Gasteiger charge is 2.19. The predicted octanol–water partition coefficient (Wildman–Crippen LogP) is 0.995. The van der Waals surface area contributed by atoms with Gasteiger partial charge in [0.05, 0.1) is 4.92 Å². The number of anilines is 1. The summed E-state index contributed by atoms with van der Waals surface area (Å²) < 4.78 is 0. The lowest BCUT2D eigenvalue weighted by Gasteiger charge is -2.23. The molecule has 1 unspecified atom stereocenters. The minimum atomic E-state index is -0.528. The molecule has 106 valence electrons. The van der Waals surface area contributed by atoms with E-state index in [2.05, 4.69) is 16.0 Å². The van der Waals surface area contributed by atoms with Crippen molar-refractivity contribution >= 4 is 23.3 Å². The van der Waals surface area contributed by atoms with Crippen LogP contribution in [0.4, 0.5) is 16.2 Å². The second-order valence-electron chi connectivity index (χ2n) is 4.45. The van der Waals surface area contributed by atoms with E-state index in [9.17, 15) is 19.7 Å². The molecule has 1 fully saturated rings. The molecular weight excluding hydrogens is 264 g/mol. The summed E-state index contributed by atoms with van der Waals surface area (Å²) in [5, 5.41) is 18.5. The minimum absolute atomic E-state index is 0.0258. The Kier molecular flexibility index (Phi) is 4.14. The molecule has 0 bridgehead atoms. The number of amides is 3. The molecule has 20 heavy (non-hydrogen) atoms. The zero-order chi connectivity index (χ0) is 14.5. The molecule has 0 aliphatic carbocycles. The number of benzene rings is 1. The summed E-state index contributed by atoms with van der Waals surface area (Å²) in [7, 11) is 0. The van der Waals surface area contributed by atoms with Crippen molar-refractivity contribution in [3.8, 4) is 0 Å². The van der Waals surface area contributed by atoms with Gasteiger partial charge in [-0.15, -0.1) is 0 Å². The summed E-state index contributed by atoms with van der Waals surface area (Å²) in [5.74, 6) is -0.0258. The molecule has 3 N–H and O–H groups in total. The third-order valence-electron chi connectivity index (χ3n) is 2.92. The Bertz CT molecular complexity index is 536. The second kappa shape index (κ2) is 6.00. The first-order valence-corrected chi connectivity index (χ1v) is 6.13. The van der Waals surface area contributed by atoms with Crippen molar-refractivity contribution < 1.29 is 14.5 Å². The SMILES string of the molecule is O=C1CCC(NC(=O)Nc2cccc([N+](=O)[O-])c2)CN1. The third-order valence-corrected chi connectivity index (χ3v) is 2.92. The number of rotatable bonds is 3. The maximum absolute atomic E-state index is 11.7. The number of nitrogens with one attached hydrogen (secondary N) is 3. The van der Waals surface area contributed by atoms with Crippen molar-refractivity contribution in [1.82, 2.24) is 10.6 Å². The summed E-state index contributed by atoms with van der Waals surface area (Å²) in [4.78, 5) is 32.8. The molecule has 8 nitrogen and oxygen atoms in total. The molecular formula is C12H14N4O4. The topological polar surface area (TPSA) is 113 Å². The number of carbonyl (C=O) groups is 2. The number of urea groups is 1. The smallest absolute Gasteiger partial charge is 0.319 e. The predicted molar refractivity (Wildman–Crippen MR) is 71.3 cm³/mol. The summed E-state index contributed by atoms with van der Waals surface area (Å²) >= 11 is 0. The lowest BCUT2D eigenvalue weighted by Crippen LogP contribution is -2.48. The molecule has 1 heterocycles. The molecule has 1 aliphatic heterocycles. The normalized spacial score (nSPS) is 18.0. The highest BCUT2D eigenvalue weighted by atomic mass is 16.6. The van der Waals surface area contributed by atoms with Crippen molar-refractivity contribution in [2.45, 2.75) is 18.9 Å². The molecule has 0 saturated carbocycles. The van der Waals surface area contributed by atoms with Crippen LogP contribution in [0.1, 0.15) is 12.8 Å². The van der Waals surface area contributed by atoms with Crippen molar-refractivity contribution in [1.29, 1.82) is 0 Å². The average Bonchev–Trinajstić information content (AvgIpc) is 2.41. The maximum Gasteiger partial charge on any atom is 0.319 e.